The van der Waals surface area contributed by atoms with E-state index in [9.17, 15) is 4.79 Å². The number of ketones is 1. The predicted molar refractivity (Wildman–Crippen MR) is 56.8 cm³/mol. The summed E-state index contributed by atoms with van der Waals surface area (Å²) in [6, 6.07) is 1.70. The molecule has 0 atom stereocenters. The average molecular weight is 204 g/mol. The summed E-state index contributed by atoms with van der Waals surface area (Å²) in [5.74, 6) is 0.0311. The van der Waals surface area contributed by atoms with E-state index in [1.165, 1.54) is 0 Å². The summed E-state index contributed by atoms with van der Waals surface area (Å²) >= 11 is 0. The summed E-state index contributed by atoms with van der Waals surface area (Å²) in [5.41, 5.74) is 2.02. The van der Waals surface area contributed by atoms with Crippen molar-refractivity contribution in [3.63, 3.8) is 0 Å². The number of rotatable bonds is 3. The fourth-order valence-corrected chi connectivity index (χ4v) is 1.51. The third kappa shape index (κ3) is 1.61. The molecule has 0 aromatic carbocycles. The van der Waals surface area contributed by atoms with Gasteiger partial charge in [-0.1, -0.05) is 0 Å². The highest BCUT2D eigenvalue weighted by Gasteiger charge is 2.12. The van der Waals surface area contributed by atoms with Gasteiger partial charge in [-0.05, 0) is 13.1 Å². The number of fused-ring (bicyclic) bond motifs is 1. The number of carbonyl (C=O) groups excluding carboxylic acids is 1. The molecule has 0 bridgehead atoms. The second-order valence-electron chi connectivity index (χ2n) is 3.34. The number of Topliss-reactive ketones (excluding diaryl/α,β-unsaturated/α-hetero) is 1. The number of likely N-dealkylation sites (N-methyl/N-ethyl adjacent to an activating group) is 1. The van der Waals surface area contributed by atoms with Gasteiger partial charge in [0.25, 0.3) is 0 Å². The van der Waals surface area contributed by atoms with E-state index in [-0.39, 0.29) is 5.78 Å². The van der Waals surface area contributed by atoms with Crippen LogP contribution >= 0.6 is 0 Å². The summed E-state index contributed by atoms with van der Waals surface area (Å²) in [7, 11) is 3.60. The van der Waals surface area contributed by atoms with Gasteiger partial charge in [-0.25, -0.2) is 9.97 Å². The molecule has 5 heteroatoms. The van der Waals surface area contributed by atoms with E-state index in [2.05, 4.69) is 15.3 Å². The molecular weight excluding hydrogens is 192 g/mol. The van der Waals surface area contributed by atoms with Crippen LogP contribution in [0.2, 0.25) is 0 Å². The Balaban J connectivity index is 2.56. The fraction of sp³-hybridized carbons (Fsp3) is 0.300. The Morgan fingerprint density at radius 3 is 3.07 bits per heavy atom. The number of nitrogens with zero attached hydrogens (tertiary/aromatic N) is 3. The Morgan fingerprint density at radius 2 is 2.33 bits per heavy atom. The summed E-state index contributed by atoms with van der Waals surface area (Å²) < 4.78 is 1.80. The maximum Gasteiger partial charge on any atom is 0.178 e. The van der Waals surface area contributed by atoms with Crippen molar-refractivity contribution in [2.75, 3.05) is 13.6 Å². The first kappa shape index (κ1) is 9.79. The fourth-order valence-electron chi connectivity index (χ4n) is 1.51. The lowest BCUT2D eigenvalue weighted by Crippen LogP contribution is -2.18. The molecule has 0 aliphatic rings. The van der Waals surface area contributed by atoms with Gasteiger partial charge in [0.2, 0.25) is 0 Å². The minimum atomic E-state index is 0.0311. The van der Waals surface area contributed by atoms with Crippen LogP contribution in [0.15, 0.2) is 18.6 Å². The number of hydrogen-bond donors (Lipinski definition) is 1. The molecule has 15 heavy (non-hydrogen) atoms. The van der Waals surface area contributed by atoms with Crippen molar-refractivity contribution in [3.8, 4) is 0 Å². The van der Waals surface area contributed by atoms with Gasteiger partial charge >= 0.3 is 0 Å². The molecule has 0 aliphatic carbocycles. The van der Waals surface area contributed by atoms with Crippen molar-refractivity contribution in [1.82, 2.24) is 19.9 Å². The number of aryl methyl sites for hydroxylation is 1. The first-order chi connectivity index (χ1) is 7.24. The standard InChI is InChI=1S/C10H12N4O/c1-11-5-8(15)7-3-4-12-10-9(7)13-6-14(10)2/h3-4,6,11H,5H2,1-2H3. The van der Waals surface area contributed by atoms with Crippen LogP contribution in [0.4, 0.5) is 0 Å². The minimum Gasteiger partial charge on any atom is -0.318 e. The van der Waals surface area contributed by atoms with E-state index < -0.39 is 0 Å². The molecule has 78 valence electrons. The monoisotopic (exact) mass is 204 g/mol. The number of hydrogen-bond acceptors (Lipinski definition) is 4. The highest BCUT2D eigenvalue weighted by Crippen LogP contribution is 2.14. The molecule has 2 rings (SSSR count). The van der Waals surface area contributed by atoms with E-state index in [1.54, 1.807) is 30.2 Å². The maximum atomic E-state index is 11.7. The normalized spacial score (nSPS) is 10.8. The average Bonchev–Trinajstić information content (AvgIpc) is 2.61. The lowest BCUT2D eigenvalue weighted by atomic mass is 10.1. The molecule has 5 nitrogen and oxygen atoms in total. The Bertz CT molecular complexity index is 503. The second kappa shape index (κ2) is 3.78. The molecule has 1 N–H and O–H groups in total. The first-order valence-corrected chi connectivity index (χ1v) is 4.68. The van der Waals surface area contributed by atoms with Crippen LogP contribution in [-0.4, -0.2) is 33.9 Å². The lowest BCUT2D eigenvalue weighted by molar-refractivity contribution is 0.0995. The SMILES string of the molecule is CNCC(=O)c1ccnc2c1ncn2C. The van der Waals surface area contributed by atoms with Crippen molar-refractivity contribution in [3.05, 3.63) is 24.2 Å². The highest BCUT2D eigenvalue weighted by molar-refractivity contribution is 6.06. The molecule has 0 spiro atoms. The molecule has 0 unspecified atom stereocenters. The zero-order chi connectivity index (χ0) is 10.8. The van der Waals surface area contributed by atoms with E-state index >= 15 is 0 Å². The van der Waals surface area contributed by atoms with Crippen LogP contribution in [0, 0.1) is 0 Å². The molecule has 0 fully saturated rings. The van der Waals surface area contributed by atoms with E-state index in [0.29, 0.717) is 17.6 Å². The smallest absolute Gasteiger partial charge is 0.178 e. The number of imidazole rings is 1. The summed E-state index contributed by atoms with van der Waals surface area (Å²) in [5, 5.41) is 2.83. The third-order valence-corrected chi connectivity index (χ3v) is 2.24. The minimum absolute atomic E-state index is 0.0311. The van der Waals surface area contributed by atoms with E-state index in [0.717, 1.165) is 5.65 Å². The third-order valence-electron chi connectivity index (χ3n) is 2.24. The largest absolute Gasteiger partial charge is 0.318 e. The molecule has 2 heterocycles. The summed E-state index contributed by atoms with van der Waals surface area (Å²) in [6.07, 6.45) is 3.29. The van der Waals surface area contributed by atoms with Crippen LogP contribution < -0.4 is 5.32 Å². The Morgan fingerprint density at radius 1 is 1.53 bits per heavy atom. The summed E-state index contributed by atoms with van der Waals surface area (Å²) in [4.78, 5) is 20.1. The topological polar surface area (TPSA) is 59.8 Å². The zero-order valence-electron chi connectivity index (χ0n) is 8.69. The van der Waals surface area contributed by atoms with Crippen molar-refractivity contribution >= 4 is 16.9 Å². The quantitative estimate of drug-likeness (QED) is 0.734. The van der Waals surface area contributed by atoms with Gasteiger partial charge in [-0.2, -0.15) is 0 Å². The van der Waals surface area contributed by atoms with Gasteiger partial charge in [-0.3, -0.25) is 4.79 Å². The van der Waals surface area contributed by atoms with Crippen LogP contribution in [-0.2, 0) is 7.05 Å². The van der Waals surface area contributed by atoms with Crippen molar-refractivity contribution < 1.29 is 4.79 Å². The van der Waals surface area contributed by atoms with Crippen molar-refractivity contribution in [2.24, 2.45) is 7.05 Å². The van der Waals surface area contributed by atoms with Crippen molar-refractivity contribution in [1.29, 1.82) is 0 Å². The van der Waals surface area contributed by atoms with Gasteiger partial charge in [0, 0.05) is 18.8 Å². The molecule has 0 amide bonds. The number of carbonyl (C=O) groups is 1. The van der Waals surface area contributed by atoms with Gasteiger partial charge < -0.3 is 9.88 Å². The molecule has 2 aromatic heterocycles. The first-order valence-electron chi connectivity index (χ1n) is 4.68. The van der Waals surface area contributed by atoms with Crippen LogP contribution in [0.3, 0.4) is 0 Å². The van der Waals surface area contributed by atoms with E-state index in [4.69, 9.17) is 0 Å². The second-order valence-corrected chi connectivity index (χ2v) is 3.34. The van der Waals surface area contributed by atoms with Gasteiger partial charge in [0.1, 0.15) is 5.52 Å². The molecular formula is C10H12N4O. The molecule has 0 saturated carbocycles. The highest BCUT2D eigenvalue weighted by atomic mass is 16.1. The molecule has 2 aromatic rings. The van der Waals surface area contributed by atoms with Gasteiger partial charge in [0.05, 0.1) is 12.9 Å². The number of aromatic nitrogens is 3. The molecule has 0 saturated heterocycles. The van der Waals surface area contributed by atoms with Crippen LogP contribution in [0.5, 0.6) is 0 Å². The maximum absolute atomic E-state index is 11.7. The Hall–Kier alpha value is -1.75. The van der Waals surface area contributed by atoms with Crippen molar-refractivity contribution in [2.45, 2.75) is 0 Å². The zero-order valence-corrected chi connectivity index (χ0v) is 8.69. The Labute approximate surface area is 87.1 Å². The van der Waals surface area contributed by atoms with E-state index in [1.807, 2.05) is 7.05 Å². The molecule has 0 aliphatic heterocycles. The molecule has 0 radical (unpaired) electrons. The number of nitrogens with one attached hydrogen (secondary N) is 1. The predicted octanol–water partition coefficient (Wildman–Crippen LogP) is 0.370. The van der Waals surface area contributed by atoms with Gasteiger partial charge in [-0.15, -0.1) is 0 Å². The lowest BCUT2D eigenvalue weighted by Gasteiger charge is -2.00. The van der Waals surface area contributed by atoms with Crippen LogP contribution in [0.25, 0.3) is 11.2 Å². The number of pyridine rings is 1. The Kier molecular flexibility index (Phi) is 2.47. The van der Waals surface area contributed by atoms with Crippen LogP contribution in [0.1, 0.15) is 10.4 Å². The summed E-state index contributed by atoms with van der Waals surface area (Å²) in [6.45, 7) is 0.315. The van der Waals surface area contributed by atoms with Gasteiger partial charge in [0.15, 0.2) is 11.4 Å².